The van der Waals surface area contributed by atoms with Crippen LogP contribution >= 0.6 is 0 Å². The molecule has 18 heavy (non-hydrogen) atoms. The number of nitrogens with zero attached hydrogens (tertiary/aromatic N) is 1. The Balaban J connectivity index is 2.33. The molecule has 0 saturated heterocycles. The summed E-state index contributed by atoms with van der Waals surface area (Å²) < 4.78 is 18.8. The van der Waals surface area contributed by atoms with E-state index in [1.807, 2.05) is 14.1 Å². The molecule has 3 nitrogen and oxygen atoms in total. The molecule has 2 N–H and O–H groups in total. The Labute approximate surface area is 108 Å². The van der Waals surface area contributed by atoms with E-state index in [9.17, 15) is 4.39 Å². The monoisotopic (exact) mass is 252 g/mol. The van der Waals surface area contributed by atoms with Crippen LogP contribution in [0, 0.1) is 11.7 Å². The molecule has 1 fully saturated rings. The van der Waals surface area contributed by atoms with Crippen molar-refractivity contribution in [2.45, 2.75) is 24.9 Å². The van der Waals surface area contributed by atoms with Gasteiger partial charge < -0.3 is 15.4 Å². The normalized spacial score (nSPS) is 24.8. The average Bonchev–Trinajstić information content (AvgIpc) is 2.27. The molecule has 1 aliphatic carbocycles. The molecule has 100 valence electrons. The first-order chi connectivity index (χ1) is 8.52. The van der Waals surface area contributed by atoms with Gasteiger partial charge in [0.15, 0.2) is 0 Å². The third-order valence-electron chi connectivity index (χ3n) is 3.72. The average molecular weight is 252 g/mol. The first-order valence-corrected chi connectivity index (χ1v) is 6.28. The molecule has 4 heteroatoms. The summed E-state index contributed by atoms with van der Waals surface area (Å²) in [5, 5.41) is 0. The predicted octanol–water partition coefficient (Wildman–Crippen LogP) is 2.17. The zero-order valence-electron chi connectivity index (χ0n) is 11.2. The van der Waals surface area contributed by atoms with E-state index in [4.69, 9.17) is 10.5 Å². The van der Waals surface area contributed by atoms with Gasteiger partial charge in [0.2, 0.25) is 0 Å². The van der Waals surface area contributed by atoms with E-state index in [0.29, 0.717) is 5.92 Å². The summed E-state index contributed by atoms with van der Waals surface area (Å²) >= 11 is 0. The Kier molecular flexibility index (Phi) is 3.88. The molecule has 0 amide bonds. The van der Waals surface area contributed by atoms with Crippen molar-refractivity contribution >= 4 is 0 Å². The standard InChI is InChI=1S/C14H21FN2O/c1-17(2)14(9-6-11(16)7-9)12-8-10(15)4-5-13(12)18-3/h4-5,8-9,11,14H,6-7,16H2,1-3H3. The minimum absolute atomic E-state index is 0.162. The van der Waals surface area contributed by atoms with Crippen LogP contribution in [-0.2, 0) is 0 Å². The van der Waals surface area contributed by atoms with Crippen molar-refractivity contribution in [1.29, 1.82) is 0 Å². The molecule has 1 unspecified atom stereocenters. The minimum Gasteiger partial charge on any atom is -0.496 e. The zero-order valence-corrected chi connectivity index (χ0v) is 11.2. The van der Waals surface area contributed by atoms with Crippen molar-refractivity contribution in [3.8, 4) is 5.75 Å². The smallest absolute Gasteiger partial charge is 0.123 e. The highest BCUT2D eigenvalue weighted by Crippen LogP contribution is 2.42. The third-order valence-corrected chi connectivity index (χ3v) is 3.72. The number of nitrogens with two attached hydrogens (primary N) is 1. The van der Waals surface area contributed by atoms with Crippen molar-refractivity contribution in [2.24, 2.45) is 11.7 Å². The summed E-state index contributed by atoms with van der Waals surface area (Å²) in [6.07, 6.45) is 1.98. The van der Waals surface area contributed by atoms with Crippen LogP contribution < -0.4 is 10.5 Å². The summed E-state index contributed by atoms with van der Waals surface area (Å²) in [5.74, 6) is 1.00. The summed E-state index contributed by atoms with van der Waals surface area (Å²) in [6.45, 7) is 0. The molecule has 0 aliphatic heterocycles. The lowest BCUT2D eigenvalue weighted by Crippen LogP contribution is -2.43. The van der Waals surface area contributed by atoms with E-state index in [-0.39, 0.29) is 17.9 Å². The van der Waals surface area contributed by atoms with Crippen LogP contribution in [0.5, 0.6) is 5.75 Å². The van der Waals surface area contributed by atoms with Crippen LogP contribution in [0.1, 0.15) is 24.4 Å². The zero-order chi connectivity index (χ0) is 13.3. The maximum atomic E-state index is 13.5. The summed E-state index contributed by atoms with van der Waals surface area (Å²) in [4.78, 5) is 2.12. The van der Waals surface area contributed by atoms with Crippen molar-refractivity contribution in [3.63, 3.8) is 0 Å². The Morgan fingerprint density at radius 2 is 2.06 bits per heavy atom. The van der Waals surface area contributed by atoms with Crippen molar-refractivity contribution in [1.82, 2.24) is 4.90 Å². The summed E-state index contributed by atoms with van der Waals surface area (Å²) in [5.41, 5.74) is 6.78. The van der Waals surface area contributed by atoms with Crippen LogP contribution in [0.2, 0.25) is 0 Å². The number of rotatable bonds is 4. The van der Waals surface area contributed by atoms with Gasteiger partial charge in [0.1, 0.15) is 11.6 Å². The molecule has 0 bridgehead atoms. The quantitative estimate of drug-likeness (QED) is 0.892. The lowest BCUT2D eigenvalue weighted by atomic mass is 9.73. The van der Waals surface area contributed by atoms with Crippen LogP contribution in [-0.4, -0.2) is 32.1 Å². The predicted molar refractivity (Wildman–Crippen MR) is 70.1 cm³/mol. The van der Waals surface area contributed by atoms with Gasteiger partial charge in [0.25, 0.3) is 0 Å². The molecule has 1 aliphatic rings. The molecular formula is C14H21FN2O. The first kappa shape index (κ1) is 13.3. The molecule has 0 spiro atoms. The van der Waals surface area contributed by atoms with Gasteiger partial charge in [0, 0.05) is 17.6 Å². The molecular weight excluding hydrogens is 231 g/mol. The van der Waals surface area contributed by atoms with E-state index < -0.39 is 0 Å². The molecule has 0 heterocycles. The Morgan fingerprint density at radius 1 is 1.39 bits per heavy atom. The van der Waals surface area contributed by atoms with Crippen LogP contribution in [0.4, 0.5) is 4.39 Å². The molecule has 1 aromatic carbocycles. The van der Waals surface area contributed by atoms with Gasteiger partial charge in [0.05, 0.1) is 7.11 Å². The van der Waals surface area contributed by atoms with Crippen LogP contribution in [0.3, 0.4) is 0 Å². The van der Waals surface area contributed by atoms with Gasteiger partial charge in [-0.2, -0.15) is 0 Å². The SMILES string of the molecule is COc1ccc(F)cc1C(C1CC(N)C1)N(C)C. The Morgan fingerprint density at radius 3 is 2.56 bits per heavy atom. The molecule has 1 atom stereocenters. The maximum Gasteiger partial charge on any atom is 0.123 e. The van der Waals surface area contributed by atoms with E-state index >= 15 is 0 Å². The second-order valence-electron chi connectivity index (χ2n) is 5.29. The Bertz CT molecular complexity index is 416. The summed E-state index contributed by atoms with van der Waals surface area (Å²) in [6, 6.07) is 5.15. The van der Waals surface area contributed by atoms with E-state index in [2.05, 4.69) is 4.90 Å². The fourth-order valence-electron chi connectivity index (χ4n) is 2.86. The lowest BCUT2D eigenvalue weighted by Gasteiger charge is -2.42. The molecule has 0 aromatic heterocycles. The maximum absolute atomic E-state index is 13.5. The second kappa shape index (κ2) is 5.24. The fourth-order valence-corrected chi connectivity index (χ4v) is 2.86. The number of hydrogen-bond donors (Lipinski definition) is 1. The first-order valence-electron chi connectivity index (χ1n) is 6.28. The number of methoxy groups -OCH3 is 1. The molecule has 0 radical (unpaired) electrons. The second-order valence-corrected chi connectivity index (χ2v) is 5.29. The number of benzene rings is 1. The van der Waals surface area contributed by atoms with Crippen LogP contribution in [0.25, 0.3) is 0 Å². The molecule has 1 aromatic rings. The van der Waals surface area contributed by atoms with E-state index in [0.717, 1.165) is 24.2 Å². The molecule has 1 saturated carbocycles. The van der Waals surface area contributed by atoms with Gasteiger partial charge >= 0.3 is 0 Å². The van der Waals surface area contributed by atoms with E-state index in [1.54, 1.807) is 19.2 Å². The largest absolute Gasteiger partial charge is 0.496 e. The lowest BCUT2D eigenvalue weighted by molar-refractivity contribution is 0.120. The van der Waals surface area contributed by atoms with Gasteiger partial charge in [-0.1, -0.05) is 0 Å². The van der Waals surface area contributed by atoms with Gasteiger partial charge in [-0.05, 0) is 51.1 Å². The van der Waals surface area contributed by atoms with Gasteiger partial charge in [-0.25, -0.2) is 4.39 Å². The van der Waals surface area contributed by atoms with Crippen molar-refractivity contribution < 1.29 is 9.13 Å². The number of hydrogen-bond acceptors (Lipinski definition) is 3. The third kappa shape index (κ3) is 2.49. The minimum atomic E-state index is -0.221. The van der Waals surface area contributed by atoms with Gasteiger partial charge in [-0.15, -0.1) is 0 Å². The molecule has 2 rings (SSSR count). The number of halogens is 1. The highest BCUT2D eigenvalue weighted by atomic mass is 19.1. The highest BCUT2D eigenvalue weighted by Gasteiger charge is 2.36. The summed E-state index contributed by atoms with van der Waals surface area (Å²) in [7, 11) is 5.65. The highest BCUT2D eigenvalue weighted by molar-refractivity contribution is 5.37. The van der Waals surface area contributed by atoms with Crippen molar-refractivity contribution in [2.75, 3.05) is 21.2 Å². The van der Waals surface area contributed by atoms with Crippen molar-refractivity contribution in [3.05, 3.63) is 29.6 Å². The fraction of sp³-hybridized carbons (Fsp3) is 0.571. The topological polar surface area (TPSA) is 38.5 Å². The Hall–Kier alpha value is -1.13. The number of ether oxygens (including phenoxy) is 1. The van der Waals surface area contributed by atoms with Crippen LogP contribution in [0.15, 0.2) is 18.2 Å². The van der Waals surface area contributed by atoms with E-state index in [1.165, 1.54) is 6.07 Å². The van der Waals surface area contributed by atoms with Gasteiger partial charge in [-0.3, -0.25) is 0 Å².